The van der Waals surface area contributed by atoms with Crippen molar-refractivity contribution in [2.45, 2.75) is 48.6 Å². The second-order valence-corrected chi connectivity index (χ2v) is 18.6. The van der Waals surface area contributed by atoms with Gasteiger partial charge in [-0.25, -0.2) is 0 Å². The Morgan fingerprint density at radius 1 is 0.292 bits per heavy atom. The zero-order chi connectivity index (χ0) is 33.5. The Labute approximate surface area is 291 Å². The summed E-state index contributed by atoms with van der Waals surface area (Å²) in [6.45, 7) is 9.46. The van der Waals surface area contributed by atoms with Crippen molar-refractivity contribution in [3.63, 3.8) is 0 Å². The van der Waals surface area contributed by atoms with Crippen LogP contribution in [0.25, 0.3) is 0 Å². The molecule has 6 aromatic rings. The lowest BCUT2D eigenvalue weighted by molar-refractivity contribution is -0.108. The van der Waals surface area contributed by atoms with E-state index in [1.165, 1.54) is 33.4 Å². The van der Waals surface area contributed by atoms with Crippen molar-refractivity contribution in [2.75, 3.05) is 0 Å². The Kier molecular flexibility index (Phi) is 10.1. The first-order chi connectivity index (χ1) is 23.3. The van der Waals surface area contributed by atoms with Gasteiger partial charge in [-0.15, -0.1) is 0 Å². The highest BCUT2D eigenvalue weighted by Gasteiger charge is 2.52. The van der Waals surface area contributed by atoms with Crippen LogP contribution < -0.4 is 0 Å². The minimum Gasteiger partial charge on any atom is -0.306 e. The van der Waals surface area contributed by atoms with Crippen LogP contribution in [0.2, 0.25) is 10.1 Å². The summed E-state index contributed by atoms with van der Waals surface area (Å²) in [5.74, 6) is 0. The lowest BCUT2D eigenvalue weighted by atomic mass is 9.62. The van der Waals surface area contributed by atoms with E-state index in [0.717, 1.165) is 0 Å². The summed E-state index contributed by atoms with van der Waals surface area (Å²) in [6.07, 6.45) is 0. The summed E-state index contributed by atoms with van der Waals surface area (Å²) in [7, 11) is -2.57. The number of rotatable bonds is 13. The van der Waals surface area contributed by atoms with Crippen molar-refractivity contribution in [3.05, 3.63) is 215 Å². The maximum atomic E-state index is 6.61. The first-order valence-electron chi connectivity index (χ1n) is 16.9. The molecule has 0 aliphatic heterocycles. The van der Waals surface area contributed by atoms with E-state index in [2.05, 4.69) is 210 Å². The van der Waals surface area contributed by atoms with Crippen molar-refractivity contribution in [1.82, 2.24) is 0 Å². The summed E-state index contributed by atoms with van der Waals surface area (Å²) in [4.78, 5) is 0. The molecular weight excluding hydrogens is 617 g/mol. The maximum Gasteiger partial charge on any atom is 0.214 e. The fraction of sp³-hybridized carbons (Fsp3) is 0.182. The predicted octanol–water partition coefficient (Wildman–Crippen LogP) is 9.57. The molecular formula is C44H46O2Si2. The van der Waals surface area contributed by atoms with Gasteiger partial charge in [0.05, 0.1) is 0 Å². The molecule has 242 valence electrons. The summed E-state index contributed by atoms with van der Waals surface area (Å²) >= 11 is 0. The van der Waals surface area contributed by atoms with Crippen molar-refractivity contribution in [1.29, 1.82) is 0 Å². The smallest absolute Gasteiger partial charge is 0.214 e. The Morgan fingerprint density at radius 3 is 0.625 bits per heavy atom. The maximum absolute atomic E-state index is 6.61. The summed E-state index contributed by atoms with van der Waals surface area (Å²) in [5.41, 5.74) is 6.72. The third kappa shape index (κ3) is 6.06. The van der Waals surface area contributed by atoms with Crippen LogP contribution in [0.1, 0.15) is 61.1 Å². The summed E-state index contributed by atoms with van der Waals surface area (Å²) in [5, 5.41) is -0.518. The molecule has 0 saturated heterocycles. The minimum atomic E-state index is -1.28. The van der Waals surface area contributed by atoms with Gasteiger partial charge in [0.15, 0.2) is 0 Å². The third-order valence-corrected chi connectivity index (χ3v) is 13.6. The van der Waals surface area contributed by atoms with E-state index in [1.54, 1.807) is 0 Å². The zero-order valence-corrected chi connectivity index (χ0v) is 31.4. The average molecular weight is 663 g/mol. The standard InChI is InChI=1S/C44H46O2Si2/c1-41(2,43(35-23-11-5-12-24-35,36-25-13-6-14-26-36)37-27-15-7-16-28-37)47-45-46-48-42(3,4)44(38-29-17-8-18-30-38,39-31-19-9-20-32-39)40-33-21-10-22-34-40/h5-34H,47-48H2,1-4H3. The Morgan fingerprint density at radius 2 is 0.458 bits per heavy atom. The van der Waals surface area contributed by atoms with E-state index >= 15 is 0 Å². The molecule has 0 N–H and O–H groups in total. The first kappa shape index (κ1) is 33.6. The molecule has 6 aromatic carbocycles. The van der Waals surface area contributed by atoms with E-state index in [1.807, 2.05) is 0 Å². The molecule has 0 heterocycles. The Bertz CT molecular complexity index is 1510. The highest BCUT2D eigenvalue weighted by molar-refractivity contribution is 6.36. The molecule has 0 fully saturated rings. The van der Waals surface area contributed by atoms with Crippen LogP contribution in [-0.4, -0.2) is 19.5 Å². The van der Waals surface area contributed by atoms with Crippen LogP contribution in [0.4, 0.5) is 0 Å². The Hall–Kier alpha value is -4.33. The van der Waals surface area contributed by atoms with E-state index in [-0.39, 0.29) is 10.1 Å². The number of hydrogen-bond acceptors (Lipinski definition) is 2. The van der Waals surface area contributed by atoms with E-state index < -0.39 is 30.4 Å². The zero-order valence-electron chi connectivity index (χ0n) is 28.6. The minimum absolute atomic E-state index is 0.259. The van der Waals surface area contributed by atoms with Gasteiger partial charge >= 0.3 is 0 Å². The van der Waals surface area contributed by atoms with Gasteiger partial charge in [0, 0.05) is 10.8 Å². The number of benzene rings is 6. The Balaban J connectivity index is 1.37. The van der Waals surface area contributed by atoms with Gasteiger partial charge in [0.1, 0.15) is 0 Å². The molecule has 0 atom stereocenters. The molecule has 0 aliphatic rings. The van der Waals surface area contributed by atoms with Crippen molar-refractivity contribution < 1.29 is 9.15 Å². The molecule has 2 nitrogen and oxygen atoms in total. The molecule has 0 radical (unpaired) electrons. The highest BCUT2D eigenvalue weighted by atomic mass is 28.2. The molecule has 0 unspecified atom stereocenters. The monoisotopic (exact) mass is 662 g/mol. The average Bonchev–Trinajstić information content (AvgIpc) is 3.13. The molecule has 0 aromatic heterocycles. The summed E-state index contributed by atoms with van der Waals surface area (Å²) in [6, 6.07) is 65.6. The fourth-order valence-electron chi connectivity index (χ4n) is 8.07. The number of hydrogen-bond donors (Lipinski definition) is 0. The highest BCUT2D eigenvalue weighted by Crippen LogP contribution is 2.57. The van der Waals surface area contributed by atoms with Gasteiger partial charge in [-0.2, -0.15) is 0 Å². The second kappa shape index (κ2) is 14.4. The molecule has 0 spiro atoms. The molecule has 0 aliphatic carbocycles. The lowest BCUT2D eigenvalue weighted by Gasteiger charge is -2.49. The topological polar surface area (TPSA) is 18.5 Å². The van der Waals surface area contributed by atoms with Crippen LogP contribution >= 0.6 is 0 Å². The van der Waals surface area contributed by atoms with E-state index in [4.69, 9.17) is 9.15 Å². The first-order valence-corrected chi connectivity index (χ1v) is 19.5. The molecule has 48 heavy (non-hydrogen) atoms. The van der Waals surface area contributed by atoms with E-state index in [9.17, 15) is 0 Å². The van der Waals surface area contributed by atoms with Crippen molar-refractivity contribution >= 4 is 19.5 Å². The molecule has 0 amide bonds. The van der Waals surface area contributed by atoms with Gasteiger partial charge in [0.25, 0.3) is 0 Å². The van der Waals surface area contributed by atoms with Crippen LogP contribution in [0.3, 0.4) is 0 Å². The van der Waals surface area contributed by atoms with Gasteiger partial charge in [-0.3, -0.25) is 0 Å². The van der Waals surface area contributed by atoms with Crippen molar-refractivity contribution in [2.24, 2.45) is 0 Å². The van der Waals surface area contributed by atoms with Crippen LogP contribution in [0.5, 0.6) is 0 Å². The third-order valence-electron chi connectivity index (χ3n) is 10.2. The predicted molar refractivity (Wildman–Crippen MR) is 206 cm³/mol. The van der Waals surface area contributed by atoms with Gasteiger partial charge in [0.2, 0.25) is 19.5 Å². The lowest BCUT2D eigenvalue weighted by Crippen LogP contribution is -2.45. The summed E-state index contributed by atoms with van der Waals surface area (Å²) < 4.78 is 13.2. The molecule has 4 heteroatoms. The van der Waals surface area contributed by atoms with Crippen LogP contribution in [0.15, 0.2) is 182 Å². The fourth-order valence-corrected chi connectivity index (χ4v) is 11.0. The molecule has 0 saturated carbocycles. The molecule has 6 rings (SSSR count). The van der Waals surface area contributed by atoms with Gasteiger partial charge in [-0.1, -0.05) is 210 Å². The second-order valence-electron chi connectivity index (χ2n) is 14.0. The molecule has 0 bridgehead atoms. The van der Waals surface area contributed by atoms with Crippen molar-refractivity contribution in [3.8, 4) is 0 Å². The van der Waals surface area contributed by atoms with Gasteiger partial charge < -0.3 is 9.15 Å². The quantitative estimate of drug-likeness (QED) is 0.0403. The van der Waals surface area contributed by atoms with Crippen LogP contribution in [0, 0.1) is 0 Å². The largest absolute Gasteiger partial charge is 0.306 e. The van der Waals surface area contributed by atoms with Crippen LogP contribution in [-0.2, 0) is 20.0 Å². The van der Waals surface area contributed by atoms with Gasteiger partial charge in [-0.05, 0) is 43.5 Å². The SMILES string of the molecule is CC(C)([SiH2]OO[SiH2]C(C)(C)C(c1ccccc1)(c1ccccc1)c1ccccc1)C(c1ccccc1)(c1ccccc1)c1ccccc1. The normalized spacial score (nSPS) is 13.0. The van der Waals surface area contributed by atoms with E-state index in [0.29, 0.717) is 0 Å².